The van der Waals surface area contributed by atoms with E-state index in [4.69, 9.17) is 11.6 Å². The summed E-state index contributed by atoms with van der Waals surface area (Å²) in [4.78, 5) is 11.8. The Morgan fingerprint density at radius 2 is 2.07 bits per heavy atom. The van der Waals surface area contributed by atoms with E-state index in [1.54, 1.807) is 0 Å². The van der Waals surface area contributed by atoms with E-state index in [2.05, 4.69) is 12.2 Å². The van der Waals surface area contributed by atoms with E-state index < -0.39 is 0 Å². The molecule has 0 radical (unpaired) electrons. The number of nitrogens with one attached hydrogen (secondary N) is 1. The molecule has 1 fully saturated rings. The van der Waals surface area contributed by atoms with Gasteiger partial charge in [0.15, 0.2) is 0 Å². The van der Waals surface area contributed by atoms with Gasteiger partial charge in [-0.15, -0.1) is 11.6 Å². The lowest BCUT2D eigenvalue weighted by Crippen LogP contribution is -2.39. The van der Waals surface area contributed by atoms with Crippen molar-refractivity contribution in [2.24, 2.45) is 5.41 Å². The maximum Gasteiger partial charge on any atom is 0.225 e. The minimum Gasteiger partial charge on any atom is -0.354 e. The first kappa shape index (κ1) is 11.8. The summed E-state index contributed by atoms with van der Waals surface area (Å²) in [5.41, 5.74) is -0.121. The largest absolute Gasteiger partial charge is 0.354 e. The van der Waals surface area contributed by atoms with Gasteiger partial charge in [-0.2, -0.15) is 0 Å². The van der Waals surface area contributed by atoms with Gasteiger partial charge in [0.1, 0.15) is 0 Å². The average Bonchev–Trinajstić information content (AvgIpc) is 2.62. The number of alkyl halides is 1. The number of amides is 1. The molecule has 0 heterocycles. The predicted molar refractivity (Wildman–Crippen MR) is 59.5 cm³/mol. The first-order chi connectivity index (χ1) is 6.58. The standard InChI is InChI=1S/C11H20ClNO/c1-3-9(12)8-13-10(14)11(2)6-4-5-7-11/h9H,3-8H2,1-2H3,(H,13,14). The summed E-state index contributed by atoms with van der Waals surface area (Å²) >= 11 is 5.95. The molecule has 0 aliphatic heterocycles. The van der Waals surface area contributed by atoms with Crippen LogP contribution in [-0.4, -0.2) is 17.8 Å². The Morgan fingerprint density at radius 1 is 1.50 bits per heavy atom. The Morgan fingerprint density at radius 3 is 2.57 bits per heavy atom. The molecule has 0 saturated heterocycles. The van der Waals surface area contributed by atoms with Crippen LogP contribution in [0.3, 0.4) is 0 Å². The molecule has 1 N–H and O–H groups in total. The minimum absolute atomic E-state index is 0.0731. The third kappa shape index (κ3) is 2.88. The van der Waals surface area contributed by atoms with Crippen molar-refractivity contribution in [3.63, 3.8) is 0 Å². The lowest BCUT2D eigenvalue weighted by molar-refractivity contribution is -0.129. The van der Waals surface area contributed by atoms with Gasteiger partial charge in [-0.25, -0.2) is 0 Å². The van der Waals surface area contributed by atoms with Crippen LogP contribution in [0.4, 0.5) is 0 Å². The molecule has 1 atom stereocenters. The molecular weight excluding hydrogens is 198 g/mol. The van der Waals surface area contributed by atoms with Gasteiger partial charge in [0, 0.05) is 12.0 Å². The van der Waals surface area contributed by atoms with Crippen LogP contribution in [-0.2, 0) is 4.79 Å². The smallest absolute Gasteiger partial charge is 0.225 e. The van der Waals surface area contributed by atoms with Crippen LogP contribution in [0.15, 0.2) is 0 Å². The highest BCUT2D eigenvalue weighted by atomic mass is 35.5. The first-order valence-corrected chi connectivity index (χ1v) is 5.94. The van der Waals surface area contributed by atoms with Crippen molar-refractivity contribution < 1.29 is 4.79 Å². The van der Waals surface area contributed by atoms with Crippen LogP contribution in [0.1, 0.15) is 46.0 Å². The summed E-state index contributed by atoms with van der Waals surface area (Å²) in [6.45, 7) is 4.69. The van der Waals surface area contributed by atoms with E-state index in [0.29, 0.717) is 6.54 Å². The van der Waals surface area contributed by atoms with Crippen LogP contribution in [0, 0.1) is 5.41 Å². The van der Waals surface area contributed by atoms with Crippen molar-refractivity contribution in [3.8, 4) is 0 Å². The van der Waals surface area contributed by atoms with E-state index in [-0.39, 0.29) is 16.7 Å². The third-order valence-corrected chi connectivity index (χ3v) is 3.65. The summed E-state index contributed by atoms with van der Waals surface area (Å²) in [5.74, 6) is 0.189. The normalized spacial score (nSPS) is 21.9. The fraction of sp³-hybridized carbons (Fsp3) is 0.909. The molecule has 0 bridgehead atoms. The highest BCUT2D eigenvalue weighted by Crippen LogP contribution is 2.37. The summed E-state index contributed by atoms with van der Waals surface area (Å²) in [5, 5.41) is 3.02. The summed E-state index contributed by atoms with van der Waals surface area (Å²) in [6, 6.07) is 0. The van der Waals surface area contributed by atoms with Gasteiger partial charge < -0.3 is 5.32 Å². The molecular formula is C11H20ClNO. The number of rotatable bonds is 4. The highest BCUT2D eigenvalue weighted by molar-refractivity contribution is 6.20. The number of carbonyl (C=O) groups excluding carboxylic acids is 1. The fourth-order valence-electron chi connectivity index (χ4n) is 1.94. The number of carbonyl (C=O) groups is 1. The van der Waals surface area contributed by atoms with E-state index in [1.807, 2.05) is 6.92 Å². The number of hydrogen-bond acceptors (Lipinski definition) is 1. The molecule has 0 spiro atoms. The van der Waals surface area contributed by atoms with E-state index in [1.165, 1.54) is 12.8 Å². The molecule has 1 unspecified atom stereocenters. The van der Waals surface area contributed by atoms with Crippen molar-refractivity contribution >= 4 is 17.5 Å². The van der Waals surface area contributed by atoms with Crippen molar-refractivity contribution in [2.75, 3.05) is 6.54 Å². The maximum absolute atomic E-state index is 11.8. The Balaban J connectivity index is 2.34. The van der Waals surface area contributed by atoms with Crippen LogP contribution in [0.25, 0.3) is 0 Å². The molecule has 1 amide bonds. The van der Waals surface area contributed by atoms with Crippen LogP contribution < -0.4 is 5.32 Å². The lowest BCUT2D eigenvalue weighted by atomic mass is 9.88. The van der Waals surface area contributed by atoms with Gasteiger partial charge >= 0.3 is 0 Å². The van der Waals surface area contributed by atoms with Crippen molar-refractivity contribution in [1.29, 1.82) is 0 Å². The quantitative estimate of drug-likeness (QED) is 0.721. The second-order valence-electron chi connectivity index (χ2n) is 4.48. The lowest BCUT2D eigenvalue weighted by Gasteiger charge is -2.22. The topological polar surface area (TPSA) is 29.1 Å². The van der Waals surface area contributed by atoms with Crippen molar-refractivity contribution in [2.45, 2.75) is 51.3 Å². The van der Waals surface area contributed by atoms with E-state index in [9.17, 15) is 4.79 Å². The van der Waals surface area contributed by atoms with Gasteiger partial charge in [-0.05, 0) is 19.3 Å². The molecule has 0 aromatic heterocycles. The Bertz CT molecular complexity index is 199. The zero-order valence-corrected chi connectivity index (χ0v) is 9.86. The maximum atomic E-state index is 11.8. The molecule has 1 rings (SSSR count). The van der Waals surface area contributed by atoms with Crippen LogP contribution in [0.5, 0.6) is 0 Å². The number of halogens is 1. The average molecular weight is 218 g/mol. The minimum atomic E-state index is -0.121. The second kappa shape index (κ2) is 5.01. The Hall–Kier alpha value is -0.240. The third-order valence-electron chi connectivity index (χ3n) is 3.18. The van der Waals surface area contributed by atoms with Crippen LogP contribution in [0.2, 0.25) is 0 Å². The molecule has 82 valence electrons. The zero-order chi connectivity index (χ0) is 10.6. The summed E-state index contributed by atoms with van der Waals surface area (Å²) in [7, 11) is 0. The summed E-state index contributed by atoms with van der Waals surface area (Å²) < 4.78 is 0. The second-order valence-corrected chi connectivity index (χ2v) is 5.10. The van der Waals surface area contributed by atoms with Gasteiger partial charge in [0.2, 0.25) is 5.91 Å². The predicted octanol–water partition coefficient (Wildman–Crippen LogP) is 2.70. The van der Waals surface area contributed by atoms with Gasteiger partial charge in [-0.3, -0.25) is 4.79 Å². The molecule has 3 heteroatoms. The van der Waals surface area contributed by atoms with Gasteiger partial charge in [-0.1, -0.05) is 26.7 Å². The molecule has 1 aliphatic rings. The fourth-order valence-corrected chi connectivity index (χ4v) is 2.02. The molecule has 0 aromatic rings. The molecule has 1 saturated carbocycles. The Labute approximate surface area is 91.4 Å². The molecule has 2 nitrogen and oxygen atoms in total. The molecule has 1 aliphatic carbocycles. The zero-order valence-electron chi connectivity index (χ0n) is 9.11. The van der Waals surface area contributed by atoms with Gasteiger partial charge in [0.05, 0.1) is 5.38 Å². The number of hydrogen-bond donors (Lipinski definition) is 1. The van der Waals surface area contributed by atoms with Crippen LogP contribution >= 0.6 is 11.6 Å². The monoisotopic (exact) mass is 217 g/mol. The van der Waals surface area contributed by atoms with Crippen molar-refractivity contribution in [3.05, 3.63) is 0 Å². The van der Waals surface area contributed by atoms with E-state index in [0.717, 1.165) is 19.3 Å². The SMILES string of the molecule is CCC(Cl)CNC(=O)C1(C)CCCC1. The van der Waals surface area contributed by atoms with Gasteiger partial charge in [0.25, 0.3) is 0 Å². The summed E-state index contributed by atoms with van der Waals surface area (Å²) in [6.07, 6.45) is 5.32. The highest BCUT2D eigenvalue weighted by Gasteiger charge is 2.35. The van der Waals surface area contributed by atoms with E-state index >= 15 is 0 Å². The first-order valence-electron chi connectivity index (χ1n) is 5.51. The van der Waals surface area contributed by atoms with Crippen molar-refractivity contribution in [1.82, 2.24) is 5.32 Å². The molecule has 14 heavy (non-hydrogen) atoms. The molecule has 0 aromatic carbocycles. The Kier molecular flexibility index (Phi) is 4.24.